The average molecular weight is 385 g/mol. The first kappa shape index (κ1) is 18.7. The van der Waals surface area contributed by atoms with E-state index >= 15 is 0 Å². The molecule has 0 unspecified atom stereocenters. The fourth-order valence-corrected chi connectivity index (χ4v) is 3.10. The van der Waals surface area contributed by atoms with Crippen molar-refractivity contribution in [3.8, 4) is 5.88 Å². The molecular formula is C18H16ClF3N2O2. The maximum absolute atomic E-state index is 12.6. The molecule has 0 bridgehead atoms. The first-order valence-electron chi connectivity index (χ1n) is 8.03. The Labute approximate surface area is 153 Å². The van der Waals surface area contributed by atoms with Gasteiger partial charge in [0.25, 0.3) is 5.24 Å². The molecule has 0 spiro atoms. The Morgan fingerprint density at radius 1 is 1.27 bits per heavy atom. The van der Waals surface area contributed by atoms with Gasteiger partial charge in [-0.15, -0.1) is 0 Å². The topological polar surface area (TPSA) is 42.4 Å². The molecule has 26 heavy (non-hydrogen) atoms. The van der Waals surface area contributed by atoms with E-state index in [0.29, 0.717) is 18.7 Å². The Kier molecular flexibility index (Phi) is 5.48. The molecule has 0 saturated carbocycles. The first-order chi connectivity index (χ1) is 12.3. The molecule has 4 nitrogen and oxygen atoms in total. The zero-order valence-corrected chi connectivity index (χ0v) is 14.4. The van der Waals surface area contributed by atoms with Gasteiger partial charge >= 0.3 is 6.18 Å². The summed E-state index contributed by atoms with van der Waals surface area (Å²) < 4.78 is 43.3. The van der Waals surface area contributed by atoms with Crippen molar-refractivity contribution < 1.29 is 22.7 Å². The number of nitrogens with zero attached hydrogens (tertiary/aromatic N) is 2. The summed E-state index contributed by atoms with van der Waals surface area (Å²) in [5, 5.41) is -0.499. The number of ether oxygens (including phenoxy) is 1. The lowest BCUT2D eigenvalue weighted by molar-refractivity contribution is -0.137. The molecular weight excluding hydrogens is 369 g/mol. The number of carbonyl (C=O) groups excluding carboxylic acids is 1. The van der Waals surface area contributed by atoms with Gasteiger partial charge in [0.15, 0.2) is 0 Å². The van der Waals surface area contributed by atoms with E-state index in [1.54, 1.807) is 12.1 Å². The van der Waals surface area contributed by atoms with E-state index in [9.17, 15) is 18.0 Å². The highest BCUT2D eigenvalue weighted by Gasteiger charge is 2.31. The molecule has 2 heterocycles. The molecule has 138 valence electrons. The van der Waals surface area contributed by atoms with E-state index in [-0.39, 0.29) is 12.0 Å². The van der Waals surface area contributed by atoms with Crippen molar-refractivity contribution in [2.45, 2.75) is 25.2 Å². The number of halogens is 4. The highest BCUT2D eigenvalue weighted by molar-refractivity contribution is 6.67. The van der Waals surface area contributed by atoms with Crippen molar-refractivity contribution >= 4 is 16.8 Å². The van der Waals surface area contributed by atoms with E-state index in [1.165, 1.54) is 6.07 Å². The molecule has 1 fully saturated rings. The fraction of sp³-hybridized carbons (Fsp3) is 0.333. The standard InChI is InChI=1S/C18H16ClF3N2O2/c19-17(25)15-4-2-1-3-12(15)10-24-8-7-14(11-24)26-16-6-5-13(9-23-16)18(20,21)22/h1-6,9,14H,7-8,10-11H2/t14-/m0/s1. The van der Waals surface area contributed by atoms with E-state index < -0.39 is 17.0 Å². The summed E-state index contributed by atoms with van der Waals surface area (Å²) >= 11 is 5.60. The van der Waals surface area contributed by atoms with Crippen molar-refractivity contribution in [3.63, 3.8) is 0 Å². The van der Waals surface area contributed by atoms with Crippen molar-refractivity contribution in [3.05, 3.63) is 59.3 Å². The predicted octanol–water partition coefficient (Wildman–Crippen LogP) is 4.13. The first-order valence-corrected chi connectivity index (χ1v) is 8.41. The molecule has 1 aliphatic heterocycles. The van der Waals surface area contributed by atoms with Gasteiger partial charge in [-0.2, -0.15) is 13.2 Å². The van der Waals surface area contributed by atoms with Crippen molar-refractivity contribution in [1.29, 1.82) is 0 Å². The van der Waals surface area contributed by atoms with Crippen LogP contribution in [0.2, 0.25) is 0 Å². The van der Waals surface area contributed by atoms with Crippen LogP contribution in [0, 0.1) is 0 Å². The quantitative estimate of drug-likeness (QED) is 0.727. The molecule has 3 rings (SSSR count). The summed E-state index contributed by atoms with van der Waals surface area (Å²) in [7, 11) is 0. The Balaban J connectivity index is 1.58. The number of carbonyl (C=O) groups is 1. The monoisotopic (exact) mass is 384 g/mol. The number of pyridine rings is 1. The van der Waals surface area contributed by atoms with Crippen LogP contribution in [0.5, 0.6) is 5.88 Å². The predicted molar refractivity (Wildman–Crippen MR) is 90.2 cm³/mol. The molecule has 1 saturated heterocycles. The summed E-state index contributed by atoms with van der Waals surface area (Å²) in [6, 6.07) is 9.31. The Morgan fingerprint density at radius 3 is 2.69 bits per heavy atom. The van der Waals surface area contributed by atoms with E-state index in [0.717, 1.165) is 30.8 Å². The minimum atomic E-state index is -4.41. The van der Waals surface area contributed by atoms with Crippen molar-refractivity contribution in [2.75, 3.05) is 13.1 Å². The van der Waals surface area contributed by atoms with Gasteiger partial charge < -0.3 is 4.74 Å². The van der Waals surface area contributed by atoms with Gasteiger partial charge in [0.2, 0.25) is 5.88 Å². The van der Waals surface area contributed by atoms with Gasteiger partial charge in [-0.05, 0) is 35.7 Å². The van der Waals surface area contributed by atoms with Crippen molar-refractivity contribution in [2.24, 2.45) is 0 Å². The van der Waals surface area contributed by atoms with Crippen LogP contribution in [0.25, 0.3) is 0 Å². The van der Waals surface area contributed by atoms with Gasteiger partial charge in [0, 0.05) is 37.5 Å². The molecule has 0 aliphatic carbocycles. The van der Waals surface area contributed by atoms with Crippen LogP contribution in [0.4, 0.5) is 13.2 Å². The number of hydrogen-bond donors (Lipinski definition) is 0. The smallest absolute Gasteiger partial charge is 0.417 e. The molecule has 0 radical (unpaired) electrons. The molecule has 1 aromatic carbocycles. The van der Waals surface area contributed by atoms with Crippen LogP contribution in [-0.4, -0.2) is 34.3 Å². The van der Waals surface area contributed by atoms with Gasteiger partial charge in [0.05, 0.1) is 5.56 Å². The van der Waals surface area contributed by atoms with Crippen LogP contribution in [0.1, 0.15) is 27.9 Å². The molecule has 2 aromatic rings. The molecule has 1 aromatic heterocycles. The largest absolute Gasteiger partial charge is 0.473 e. The number of alkyl halides is 3. The second-order valence-electron chi connectivity index (χ2n) is 6.08. The lowest BCUT2D eigenvalue weighted by atomic mass is 10.1. The third-order valence-electron chi connectivity index (χ3n) is 4.20. The molecule has 1 aliphatic rings. The number of likely N-dealkylation sites (tertiary alicyclic amines) is 1. The summed E-state index contributed by atoms with van der Waals surface area (Å²) in [6.07, 6.45) is -3.09. The molecule has 1 atom stereocenters. The Hall–Kier alpha value is -2.12. The summed E-state index contributed by atoms with van der Waals surface area (Å²) in [5.74, 6) is 0.168. The van der Waals surface area contributed by atoms with E-state index in [1.807, 2.05) is 12.1 Å². The third kappa shape index (κ3) is 4.53. The van der Waals surface area contributed by atoms with Gasteiger partial charge in [-0.3, -0.25) is 9.69 Å². The minimum Gasteiger partial charge on any atom is -0.473 e. The maximum Gasteiger partial charge on any atom is 0.417 e. The van der Waals surface area contributed by atoms with Crippen LogP contribution >= 0.6 is 11.6 Å². The highest BCUT2D eigenvalue weighted by Crippen LogP contribution is 2.29. The van der Waals surface area contributed by atoms with Crippen LogP contribution in [0.15, 0.2) is 42.6 Å². The summed E-state index contributed by atoms with van der Waals surface area (Å²) in [6.45, 7) is 1.89. The molecule has 0 amide bonds. The van der Waals surface area contributed by atoms with Crippen LogP contribution < -0.4 is 4.74 Å². The normalized spacial score (nSPS) is 18.1. The molecule has 0 N–H and O–H groups in total. The SMILES string of the molecule is O=C(Cl)c1ccccc1CN1CC[C@H](Oc2ccc(C(F)(F)F)cn2)C1. The van der Waals surface area contributed by atoms with Crippen molar-refractivity contribution in [1.82, 2.24) is 9.88 Å². The fourth-order valence-electron chi connectivity index (χ4n) is 2.92. The van der Waals surface area contributed by atoms with Crippen LogP contribution in [-0.2, 0) is 12.7 Å². The zero-order chi connectivity index (χ0) is 18.7. The van der Waals surface area contributed by atoms with Gasteiger partial charge in [-0.25, -0.2) is 4.98 Å². The summed E-state index contributed by atoms with van der Waals surface area (Å²) in [5.41, 5.74) is 0.504. The van der Waals surface area contributed by atoms with Gasteiger partial charge in [-0.1, -0.05) is 18.2 Å². The van der Waals surface area contributed by atoms with Crippen LogP contribution in [0.3, 0.4) is 0 Å². The van der Waals surface area contributed by atoms with E-state index in [4.69, 9.17) is 16.3 Å². The third-order valence-corrected chi connectivity index (χ3v) is 4.41. The highest BCUT2D eigenvalue weighted by atomic mass is 35.5. The minimum absolute atomic E-state index is 0.168. The average Bonchev–Trinajstić information content (AvgIpc) is 3.02. The zero-order valence-electron chi connectivity index (χ0n) is 13.7. The number of rotatable bonds is 5. The number of hydrogen-bond acceptors (Lipinski definition) is 4. The number of benzene rings is 1. The second kappa shape index (κ2) is 7.63. The Morgan fingerprint density at radius 2 is 2.04 bits per heavy atom. The Bertz CT molecular complexity index is 781. The number of aromatic nitrogens is 1. The molecule has 8 heteroatoms. The maximum atomic E-state index is 12.6. The summed E-state index contributed by atoms with van der Waals surface area (Å²) in [4.78, 5) is 17.3. The lowest BCUT2D eigenvalue weighted by Gasteiger charge is -2.18. The second-order valence-corrected chi connectivity index (χ2v) is 6.42. The lowest BCUT2D eigenvalue weighted by Crippen LogP contribution is -2.25. The van der Waals surface area contributed by atoms with Gasteiger partial charge in [0.1, 0.15) is 6.10 Å². The van der Waals surface area contributed by atoms with E-state index in [2.05, 4.69) is 9.88 Å².